The van der Waals surface area contributed by atoms with Gasteiger partial charge in [-0.1, -0.05) is 6.42 Å². The number of piperazine rings is 1. The van der Waals surface area contributed by atoms with E-state index in [0.717, 1.165) is 37.6 Å². The van der Waals surface area contributed by atoms with E-state index in [1.807, 2.05) is 19.9 Å². The standard InChI is InChI=1S/C20H28N4O/c1-15(2)24-14-21-19-12-17(6-7-18(19)20(24)25)23-10-8-22(9-11-23)13-16-4-3-5-16/h6-7,12,14-16H,3-5,8-11,13H2,1-2H3. The molecule has 5 nitrogen and oxygen atoms in total. The predicted octanol–water partition coefficient (Wildman–Crippen LogP) is 2.90. The number of benzene rings is 1. The van der Waals surface area contributed by atoms with E-state index in [1.54, 1.807) is 10.9 Å². The lowest BCUT2D eigenvalue weighted by molar-refractivity contribution is 0.170. The summed E-state index contributed by atoms with van der Waals surface area (Å²) < 4.78 is 1.70. The molecule has 2 heterocycles. The highest BCUT2D eigenvalue weighted by Crippen LogP contribution is 2.28. The van der Waals surface area contributed by atoms with Crippen LogP contribution in [-0.4, -0.2) is 47.2 Å². The maximum absolute atomic E-state index is 12.5. The monoisotopic (exact) mass is 340 g/mol. The lowest BCUT2D eigenvalue weighted by atomic mass is 9.85. The maximum Gasteiger partial charge on any atom is 0.261 e. The van der Waals surface area contributed by atoms with E-state index in [0.29, 0.717) is 5.39 Å². The highest BCUT2D eigenvalue weighted by Gasteiger charge is 2.24. The van der Waals surface area contributed by atoms with Crippen molar-refractivity contribution in [3.05, 3.63) is 34.9 Å². The first-order valence-corrected chi connectivity index (χ1v) is 9.60. The first-order valence-electron chi connectivity index (χ1n) is 9.60. The molecule has 0 N–H and O–H groups in total. The molecule has 5 heteroatoms. The van der Waals surface area contributed by atoms with E-state index >= 15 is 0 Å². The fourth-order valence-electron chi connectivity index (χ4n) is 3.92. The molecule has 1 aliphatic carbocycles. The van der Waals surface area contributed by atoms with Gasteiger partial charge in [0.15, 0.2) is 0 Å². The van der Waals surface area contributed by atoms with Crippen molar-refractivity contribution in [2.75, 3.05) is 37.6 Å². The lowest BCUT2D eigenvalue weighted by Crippen LogP contribution is -2.48. The Kier molecular flexibility index (Phi) is 4.50. The van der Waals surface area contributed by atoms with Crippen LogP contribution in [0, 0.1) is 5.92 Å². The summed E-state index contributed by atoms with van der Waals surface area (Å²) in [6.45, 7) is 9.68. The van der Waals surface area contributed by atoms with Gasteiger partial charge in [0.1, 0.15) is 0 Å². The Morgan fingerprint density at radius 3 is 2.56 bits per heavy atom. The molecule has 2 aliphatic rings. The van der Waals surface area contributed by atoms with Crippen molar-refractivity contribution in [3.8, 4) is 0 Å². The number of fused-ring (bicyclic) bond motifs is 1. The van der Waals surface area contributed by atoms with Crippen LogP contribution in [0.2, 0.25) is 0 Å². The Morgan fingerprint density at radius 1 is 1.16 bits per heavy atom. The quantitative estimate of drug-likeness (QED) is 0.858. The first-order chi connectivity index (χ1) is 12.1. The average molecular weight is 340 g/mol. The average Bonchev–Trinajstić information content (AvgIpc) is 2.58. The molecular weight excluding hydrogens is 312 g/mol. The fraction of sp³-hybridized carbons (Fsp3) is 0.600. The fourth-order valence-corrected chi connectivity index (χ4v) is 3.92. The molecular formula is C20H28N4O. The molecule has 25 heavy (non-hydrogen) atoms. The molecule has 0 amide bonds. The number of rotatable bonds is 4. The Labute approximate surface area is 149 Å². The third-order valence-electron chi connectivity index (χ3n) is 5.80. The second kappa shape index (κ2) is 6.79. The van der Waals surface area contributed by atoms with Gasteiger partial charge < -0.3 is 4.90 Å². The van der Waals surface area contributed by atoms with Crippen LogP contribution in [0.1, 0.15) is 39.2 Å². The molecule has 2 aromatic rings. The van der Waals surface area contributed by atoms with Crippen LogP contribution in [0.3, 0.4) is 0 Å². The zero-order valence-electron chi connectivity index (χ0n) is 15.3. The summed E-state index contributed by atoms with van der Waals surface area (Å²) in [5.74, 6) is 0.944. The van der Waals surface area contributed by atoms with Gasteiger partial charge in [0, 0.05) is 44.5 Å². The van der Waals surface area contributed by atoms with E-state index in [9.17, 15) is 4.79 Å². The molecule has 1 aliphatic heterocycles. The van der Waals surface area contributed by atoms with Crippen molar-refractivity contribution in [2.45, 2.75) is 39.2 Å². The van der Waals surface area contributed by atoms with Crippen LogP contribution < -0.4 is 10.5 Å². The van der Waals surface area contributed by atoms with Crippen LogP contribution in [0.25, 0.3) is 10.9 Å². The van der Waals surface area contributed by atoms with Gasteiger partial charge >= 0.3 is 0 Å². The van der Waals surface area contributed by atoms with Gasteiger partial charge in [-0.15, -0.1) is 0 Å². The molecule has 4 rings (SSSR count). The van der Waals surface area contributed by atoms with E-state index in [1.165, 1.54) is 31.5 Å². The van der Waals surface area contributed by atoms with Gasteiger partial charge in [0.25, 0.3) is 5.56 Å². The van der Waals surface area contributed by atoms with Gasteiger partial charge in [-0.3, -0.25) is 14.3 Å². The molecule has 0 bridgehead atoms. The molecule has 1 aromatic carbocycles. The number of aromatic nitrogens is 2. The summed E-state index contributed by atoms with van der Waals surface area (Å²) >= 11 is 0. The Balaban J connectivity index is 1.48. The number of anilines is 1. The van der Waals surface area contributed by atoms with E-state index in [-0.39, 0.29) is 11.6 Å². The van der Waals surface area contributed by atoms with Crippen molar-refractivity contribution < 1.29 is 0 Å². The molecule has 0 unspecified atom stereocenters. The van der Waals surface area contributed by atoms with Crippen LogP contribution in [0.15, 0.2) is 29.3 Å². The van der Waals surface area contributed by atoms with Crippen molar-refractivity contribution >= 4 is 16.6 Å². The van der Waals surface area contributed by atoms with E-state index in [2.05, 4.69) is 26.9 Å². The highest BCUT2D eigenvalue weighted by molar-refractivity contribution is 5.81. The highest BCUT2D eigenvalue weighted by atomic mass is 16.1. The van der Waals surface area contributed by atoms with Gasteiger partial charge in [-0.05, 0) is 50.8 Å². The largest absolute Gasteiger partial charge is 0.369 e. The number of hydrogen-bond acceptors (Lipinski definition) is 4. The zero-order chi connectivity index (χ0) is 17.4. The summed E-state index contributed by atoms with van der Waals surface area (Å²) in [6, 6.07) is 6.23. The summed E-state index contributed by atoms with van der Waals surface area (Å²) in [7, 11) is 0. The molecule has 134 valence electrons. The van der Waals surface area contributed by atoms with E-state index < -0.39 is 0 Å². The van der Waals surface area contributed by atoms with Gasteiger partial charge in [-0.25, -0.2) is 4.98 Å². The molecule has 1 saturated carbocycles. The minimum atomic E-state index is 0.0527. The minimum Gasteiger partial charge on any atom is -0.369 e. The van der Waals surface area contributed by atoms with Crippen LogP contribution >= 0.6 is 0 Å². The summed E-state index contributed by atoms with van der Waals surface area (Å²) in [5.41, 5.74) is 2.04. The van der Waals surface area contributed by atoms with Gasteiger partial charge in [-0.2, -0.15) is 0 Å². The van der Waals surface area contributed by atoms with Gasteiger partial charge in [0.05, 0.1) is 17.2 Å². The summed E-state index contributed by atoms with van der Waals surface area (Å²) in [4.78, 5) is 22.1. The lowest BCUT2D eigenvalue weighted by Gasteiger charge is -2.39. The summed E-state index contributed by atoms with van der Waals surface area (Å²) in [6.07, 6.45) is 5.94. The van der Waals surface area contributed by atoms with Crippen LogP contribution in [0.4, 0.5) is 5.69 Å². The zero-order valence-corrected chi connectivity index (χ0v) is 15.3. The molecule has 0 spiro atoms. The minimum absolute atomic E-state index is 0.0527. The maximum atomic E-state index is 12.5. The third-order valence-corrected chi connectivity index (χ3v) is 5.80. The van der Waals surface area contributed by atoms with E-state index in [4.69, 9.17) is 0 Å². The van der Waals surface area contributed by atoms with Crippen molar-refractivity contribution in [2.24, 2.45) is 5.92 Å². The molecule has 0 radical (unpaired) electrons. The molecule has 1 aromatic heterocycles. The number of hydrogen-bond donors (Lipinski definition) is 0. The van der Waals surface area contributed by atoms with Crippen molar-refractivity contribution in [1.29, 1.82) is 0 Å². The smallest absolute Gasteiger partial charge is 0.261 e. The molecule has 0 atom stereocenters. The molecule has 1 saturated heterocycles. The predicted molar refractivity (Wildman–Crippen MR) is 102 cm³/mol. The number of nitrogens with zero attached hydrogens (tertiary/aromatic N) is 4. The van der Waals surface area contributed by atoms with Crippen LogP contribution in [0.5, 0.6) is 0 Å². The second-order valence-electron chi connectivity index (χ2n) is 7.84. The van der Waals surface area contributed by atoms with Crippen LogP contribution in [-0.2, 0) is 0 Å². The molecule has 2 fully saturated rings. The topological polar surface area (TPSA) is 41.4 Å². The third kappa shape index (κ3) is 3.30. The normalized spacial score (nSPS) is 19.6. The first kappa shape index (κ1) is 16.6. The Bertz CT molecular complexity index is 801. The summed E-state index contributed by atoms with van der Waals surface area (Å²) in [5, 5.41) is 0.712. The van der Waals surface area contributed by atoms with Gasteiger partial charge in [0.2, 0.25) is 0 Å². The van der Waals surface area contributed by atoms with Crippen molar-refractivity contribution in [1.82, 2.24) is 14.5 Å². The Morgan fingerprint density at radius 2 is 1.92 bits per heavy atom. The van der Waals surface area contributed by atoms with Crippen molar-refractivity contribution in [3.63, 3.8) is 0 Å². The SMILES string of the molecule is CC(C)n1cnc2cc(N3CCN(CC4CCC4)CC3)ccc2c1=O. The Hall–Kier alpha value is -1.88. The second-order valence-corrected chi connectivity index (χ2v) is 7.84.